The molecule has 1 atom stereocenters. The lowest BCUT2D eigenvalue weighted by atomic mass is 10.3. The Morgan fingerprint density at radius 3 is 3.11 bits per heavy atom. The van der Waals surface area contributed by atoms with Gasteiger partial charge in [-0.05, 0) is 12.5 Å². The van der Waals surface area contributed by atoms with Crippen LogP contribution in [0.15, 0.2) is 22.6 Å². The Morgan fingerprint density at radius 2 is 2.42 bits per heavy atom. The van der Waals surface area contributed by atoms with Gasteiger partial charge in [0.2, 0.25) is 5.89 Å². The first kappa shape index (κ1) is 12.1. The van der Waals surface area contributed by atoms with E-state index in [4.69, 9.17) is 4.42 Å². The number of nitro groups is 1. The third kappa shape index (κ3) is 2.42. The van der Waals surface area contributed by atoms with Crippen LogP contribution in [0.2, 0.25) is 0 Å². The summed E-state index contributed by atoms with van der Waals surface area (Å²) in [5, 5.41) is 20.1. The first-order valence-electron chi connectivity index (χ1n) is 6.06. The van der Waals surface area contributed by atoms with E-state index in [0.717, 1.165) is 13.0 Å². The Balaban J connectivity index is 1.83. The summed E-state index contributed by atoms with van der Waals surface area (Å²) in [7, 11) is 0. The van der Waals surface area contributed by atoms with Crippen molar-refractivity contribution in [2.75, 3.05) is 13.1 Å². The third-order valence-corrected chi connectivity index (χ3v) is 3.23. The monoisotopic (exact) mass is 263 g/mol. The minimum atomic E-state index is -0.454. The van der Waals surface area contributed by atoms with Crippen LogP contribution in [0.25, 0.3) is 11.1 Å². The number of nitrogens with zero attached hydrogens (tertiary/aromatic N) is 3. The van der Waals surface area contributed by atoms with Gasteiger partial charge in [0.1, 0.15) is 5.52 Å². The predicted octanol–water partition coefficient (Wildman–Crippen LogP) is 1.30. The first-order valence-corrected chi connectivity index (χ1v) is 6.06. The quantitative estimate of drug-likeness (QED) is 0.662. The highest BCUT2D eigenvalue weighted by Crippen LogP contribution is 2.22. The van der Waals surface area contributed by atoms with Crippen LogP contribution in [0.4, 0.5) is 5.69 Å². The molecule has 0 radical (unpaired) electrons. The lowest BCUT2D eigenvalue weighted by Gasteiger charge is -2.11. The molecule has 100 valence electrons. The number of benzene rings is 1. The van der Waals surface area contributed by atoms with Crippen LogP contribution in [-0.2, 0) is 6.54 Å². The predicted molar refractivity (Wildman–Crippen MR) is 66.6 cm³/mol. The fraction of sp³-hybridized carbons (Fsp3) is 0.417. The molecule has 1 fully saturated rings. The molecule has 0 unspecified atom stereocenters. The number of aromatic nitrogens is 1. The second kappa shape index (κ2) is 4.60. The molecule has 0 saturated carbocycles. The van der Waals surface area contributed by atoms with Crippen molar-refractivity contribution >= 4 is 16.8 Å². The van der Waals surface area contributed by atoms with Gasteiger partial charge < -0.3 is 9.52 Å². The fourth-order valence-corrected chi connectivity index (χ4v) is 2.29. The summed E-state index contributed by atoms with van der Waals surface area (Å²) in [5.41, 5.74) is 1.04. The largest absolute Gasteiger partial charge is 0.439 e. The molecule has 3 rings (SSSR count). The molecule has 1 N–H and O–H groups in total. The average molecular weight is 263 g/mol. The van der Waals surface area contributed by atoms with E-state index in [9.17, 15) is 15.2 Å². The van der Waals surface area contributed by atoms with Crippen molar-refractivity contribution in [3.63, 3.8) is 0 Å². The molecule has 2 aromatic rings. The molecule has 0 bridgehead atoms. The van der Waals surface area contributed by atoms with Gasteiger partial charge in [0, 0.05) is 25.2 Å². The number of rotatable bonds is 3. The molecule has 1 aromatic carbocycles. The first-order chi connectivity index (χ1) is 9.11. The molecule has 7 heteroatoms. The van der Waals surface area contributed by atoms with Gasteiger partial charge in [-0.1, -0.05) is 0 Å². The second-order valence-electron chi connectivity index (χ2n) is 4.69. The summed E-state index contributed by atoms with van der Waals surface area (Å²) in [4.78, 5) is 16.5. The third-order valence-electron chi connectivity index (χ3n) is 3.23. The molecule has 1 saturated heterocycles. The zero-order chi connectivity index (χ0) is 13.4. The van der Waals surface area contributed by atoms with Crippen LogP contribution in [0.1, 0.15) is 12.3 Å². The molecule has 0 amide bonds. The highest BCUT2D eigenvalue weighted by molar-refractivity contribution is 5.75. The van der Waals surface area contributed by atoms with Crippen LogP contribution in [0, 0.1) is 10.1 Å². The van der Waals surface area contributed by atoms with Crippen molar-refractivity contribution < 1.29 is 14.4 Å². The highest BCUT2D eigenvalue weighted by atomic mass is 16.6. The lowest BCUT2D eigenvalue weighted by molar-refractivity contribution is -0.384. The summed E-state index contributed by atoms with van der Waals surface area (Å²) in [5.74, 6) is 0.518. The van der Waals surface area contributed by atoms with E-state index in [0.29, 0.717) is 30.1 Å². The topological polar surface area (TPSA) is 92.6 Å². The van der Waals surface area contributed by atoms with E-state index >= 15 is 0 Å². The molecule has 1 aliphatic rings. The van der Waals surface area contributed by atoms with Crippen LogP contribution in [0.5, 0.6) is 0 Å². The van der Waals surface area contributed by atoms with Crippen molar-refractivity contribution in [2.45, 2.75) is 19.1 Å². The Labute approximate surface area is 108 Å². The van der Waals surface area contributed by atoms with Gasteiger partial charge in [-0.25, -0.2) is 4.98 Å². The molecule has 0 spiro atoms. The van der Waals surface area contributed by atoms with Gasteiger partial charge in [-0.3, -0.25) is 15.0 Å². The Morgan fingerprint density at radius 1 is 1.58 bits per heavy atom. The highest BCUT2D eigenvalue weighted by Gasteiger charge is 2.22. The van der Waals surface area contributed by atoms with Gasteiger partial charge in [0.25, 0.3) is 5.69 Å². The van der Waals surface area contributed by atoms with Crippen molar-refractivity contribution in [3.8, 4) is 0 Å². The van der Waals surface area contributed by atoms with Gasteiger partial charge in [0.05, 0.1) is 17.6 Å². The fourth-order valence-electron chi connectivity index (χ4n) is 2.29. The van der Waals surface area contributed by atoms with Gasteiger partial charge in [-0.2, -0.15) is 0 Å². The summed E-state index contributed by atoms with van der Waals surface area (Å²) in [6.45, 7) is 1.93. The van der Waals surface area contributed by atoms with Crippen molar-refractivity contribution in [3.05, 3.63) is 34.2 Å². The number of oxazole rings is 1. The minimum Gasteiger partial charge on any atom is -0.439 e. The standard InChI is InChI=1S/C12H13N3O4/c16-9-3-4-14(6-9)7-12-13-10-5-8(15(17)18)1-2-11(10)19-12/h1-2,5,9,16H,3-4,6-7H2/t9-/m0/s1. The Bertz CT molecular complexity index is 624. The average Bonchev–Trinajstić information content (AvgIpc) is 2.94. The zero-order valence-electron chi connectivity index (χ0n) is 10.2. The maximum atomic E-state index is 10.7. The van der Waals surface area contributed by atoms with E-state index in [1.165, 1.54) is 12.1 Å². The normalized spacial score (nSPS) is 20.2. The van der Waals surface area contributed by atoms with Crippen LogP contribution in [-0.4, -0.2) is 39.1 Å². The van der Waals surface area contributed by atoms with E-state index in [1.807, 2.05) is 4.90 Å². The molecule has 1 aliphatic heterocycles. The van der Waals surface area contributed by atoms with E-state index in [-0.39, 0.29) is 11.8 Å². The number of aliphatic hydroxyl groups excluding tert-OH is 1. The van der Waals surface area contributed by atoms with E-state index in [2.05, 4.69) is 4.98 Å². The van der Waals surface area contributed by atoms with Crippen LogP contribution in [0.3, 0.4) is 0 Å². The minimum absolute atomic E-state index is 0.00365. The number of aliphatic hydroxyl groups is 1. The maximum Gasteiger partial charge on any atom is 0.271 e. The lowest BCUT2D eigenvalue weighted by Crippen LogP contribution is -2.21. The molecule has 2 heterocycles. The van der Waals surface area contributed by atoms with E-state index in [1.54, 1.807) is 6.07 Å². The van der Waals surface area contributed by atoms with Crippen molar-refractivity contribution in [2.24, 2.45) is 0 Å². The number of fused-ring (bicyclic) bond motifs is 1. The number of non-ortho nitro benzene ring substituents is 1. The van der Waals surface area contributed by atoms with Crippen molar-refractivity contribution in [1.29, 1.82) is 0 Å². The number of hydrogen-bond donors (Lipinski definition) is 1. The zero-order valence-corrected chi connectivity index (χ0v) is 10.2. The molecular formula is C12H13N3O4. The molecule has 0 aliphatic carbocycles. The number of β-amino-alcohol motifs (C(OH)–C–C–N with tert-alkyl or cyclic N) is 1. The molecule has 7 nitrogen and oxygen atoms in total. The molecular weight excluding hydrogens is 250 g/mol. The number of likely N-dealkylation sites (tertiary alicyclic amines) is 1. The molecule has 19 heavy (non-hydrogen) atoms. The summed E-state index contributed by atoms with van der Waals surface area (Å²) >= 11 is 0. The SMILES string of the molecule is O=[N+]([O-])c1ccc2oc(CN3CC[C@H](O)C3)nc2c1. The smallest absolute Gasteiger partial charge is 0.271 e. The Hall–Kier alpha value is -1.99. The van der Waals surface area contributed by atoms with Crippen LogP contribution >= 0.6 is 0 Å². The van der Waals surface area contributed by atoms with Crippen molar-refractivity contribution in [1.82, 2.24) is 9.88 Å². The number of nitro benzene ring substituents is 1. The van der Waals surface area contributed by atoms with Gasteiger partial charge in [-0.15, -0.1) is 0 Å². The van der Waals surface area contributed by atoms with Crippen LogP contribution < -0.4 is 0 Å². The summed E-state index contributed by atoms with van der Waals surface area (Å²) in [6.07, 6.45) is 0.469. The molecule has 1 aromatic heterocycles. The Kier molecular flexibility index (Phi) is 2.92. The van der Waals surface area contributed by atoms with E-state index < -0.39 is 4.92 Å². The summed E-state index contributed by atoms with van der Waals surface area (Å²) in [6, 6.07) is 4.36. The van der Waals surface area contributed by atoms with Gasteiger partial charge >= 0.3 is 0 Å². The van der Waals surface area contributed by atoms with Gasteiger partial charge in [0.15, 0.2) is 5.58 Å². The maximum absolute atomic E-state index is 10.7. The second-order valence-corrected chi connectivity index (χ2v) is 4.69. The summed E-state index contributed by atoms with van der Waals surface area (Å²) < 4.78 is 5.54. The number of hydrogen-bond acceptors (Lipinski definition) is 6.